The van der Waals surface area contributed by atoms with E-state index in [0.29, 0.717) is 17.0 Å². The molecule has 0 atom stereocenters. The maximum Gasteiger partial charge on any atom is 0.338 e. The molecule has 0 unspecified atom stereocenters. The van der Waals surface area contributed by atoms with Crippen LogP contribution in [-0.2, 0) is 9.53 Å². The molecule has 23 heavy (non-hydrogen) atoms. The minimum atomic E-state index is -0.621. The van der Waals surface area contributed by atoms with Gasteiger partial charge in [-0.15, -0.1) is 0 Å². The van der Waals surface area contributed by atoms with Crippen LogP contribution in [0.15, 0.2) is 48.5 Å². The number of nitrogens with zero attached hydrogens (tertiary/aromatic N) is 1. The Morgan fingerprint density at radius 1 is 1.13 bits per heavy atom. The molecule has 2 aromatic rings. The van der Waals surface area contributed by atoms with Gasteiger partial charge in [-0.3, -0.25) is 4.79 Å². The van der Waals surface area contributed by atoms with Gasteiger partial charge in [0.15, 0.2) is 6.61 Å². The smallest absolute Gasteiger partial charge is 0.338 e. The first-order valence-corrected chi connectivity index (χ1v) is 6.84. The van der Waals surface area contributed by atoms with E-state index in [0.717, 1.165) is 0 Å². The van der Waals surface area contributed by atoms with Crippen molar-refractivity contribution in [2.24, 2.45) is 0 Å². The molecule has 0 aliphatic rings. The lowest BCUT2D eigenvalue weighted by Crippen LogP contribution is -2.31. The number of halogens is 1. The lowest BCUT2D eigenvalue weighted by molar-refractivity contribution is -0.121. The summed E-state index contributed by atoms with van der Waals surface area (Å²) in [6, 6.07) is 11.9. The Labute approximate surface area is 133 Å². The Morgan fingerprint density at radius 3 is 2.48 bits per heavy atom. The van der Waals surface area contributed by atoms with Crippen LogP contribution >= 0.6 is 0 Å². The predicted molar refractivity (Wildman–Crippen MR) is 83.1 cm³/mol. The third-order valence-corrected chi connectivity index (χ3v) is 3.22. The third-order valence-electron chi connectivity index (χ3n) is 3.22. The molecular weight excluding hydrogens is 301 g/mol. The molecular formula is C17H16FNO4. The summed E-state index contributed by atoms with van der Waals surface area (Å²) in [7, 11) is 3.01. The van der Waals surface area contributed by atoms with Crippen molar-refractivity contribution in [1.29, 1.82) is 0 Å². The fourth-order valence-electron chi connectivity index (χ4n) is 1.87. The number of hydrogen-bond acceptors (Lipinski definition) is 4. The van der Waals surface area contributed by atoms with Crippen molar-refractivity contribution in [3.8, 4) is 5.75 Å². The topological polar surface area (TPSA) is 55.8 Å². The van der Waals surface area contributed by atoms with Crippen molar-refractivity contribution in [2.45, 2.75) is 0 Å². The minimum absolute atomic E-state index is 0.293. The van der Waals surface area contributed by atoms with Crippen LogP contribution in [0, 0.1) is 5.82 Å². The van der Waals surface area contributed by atoms with Gasteiger partial charge in [0, 0.05) is 12.7 Å². The molecule has 1 amide bonds. The molecule has 120 valence electrons. The fourth-order valence-corrected chi connectivity index (χ4v) is 1.87. The zero-order valence-electron chi connectivity index (χ0n) is 12.8. The van der Waals surface area contributed by atoms with E-state index in [1.165, 1.54) is 49.4 Å². The number of likely N-dealkylation sites (N-methyl/N-ethyl adjacent to an activating group) is 1. The number of rotatable bonds is 5. The van der Waals surface area contributed by atoms with Gasteiger partial charge in [0.2, 0.25) is 0 Å². The number of anilines is 1. The summed E-state index contributed by atoms with van der Waals surface area (Å²) in [6.45, 7) is -0.413. The van der Waals surface area contributed by atoms with Gasteiger partial charge in [0.1, 0.15) is 11.6 Å². The molecule has 0 bridgehead atoms. The second-order valence-corrected chi connectivity index (χ2v) is 4.74. The lowest BCUT2D eigenvalue weighted by Gasteiger charge is -2.17. The molecule has 2 rings (SSSR count). The van der Waals surface area contributed by atoms with E-state index in [1.54, 1.807) is 18.2 Å². The highest BCUT2D eigenvalue weighted by Crippen LogP contribution is 2.15. The van der Waals surface area contributed by atoms with Crippen molar-refractivity contribution < 1.29 is 23.5 Å². The molecule has 0 aliphatic heterocycles. The molecule has 0 aliphatic carbocycles. The standard InChI is InChI=1S/C17H16FNO4/c1-19(14-8-6-13(18)7-9-14)16(20)11-23-17(21)12-4-3-5-15(10-12)22-2/h3-10H,11H2,1-2H3. The number of benzene rings is 2. The van der Waals surface area contributed by atoms with E-state index in [9.17, 15) is 14.0 Å². The molecule has 0 radical (unpaired) electrons. The molecule has 0 saturated carbocycles. The van der Waals surface area contributed by atoms with Gasteiger partial charge >= 0.3 is 5.97 Å². The Bertz CT molecular complexity index is 700. The van der Waals surface area contributed by atoms with E-state index >= 15 is 0 Å². The van der Waals surface area contributed by atoms with Gasteiger partial charge in [-0.2, -0.15) is 0 Å². The van der Waals surface area contributed by atoms with Crippen molar-refractivity contribution in [3.63, 3.8) is 0 Å². The van der Waals surface area contributed by atoms with E-state index < -0.39 is 18.5 Å². The number of carbonyl (C=O) groups excluding carboxylic acids is 2. The predicted octanol–water partition coefficient (Wildman–Crippen LogP) is 2.65. The van der Waals surface area contributed by atoms with Crippen molar-refractivity contribution in [2.75, 3.05) is 25.7 Å². The monoisotopic (exact) mass is 317 g/mol. The molecule has 2 aromatic carbocycles. The SMILES string of the molecule is COc1cccc(C(=O)OCC(=O)N(C)c2ccc(F)cc2)c1. The largest absolute Gasteiger partial charge is 0.497 e. The summed E-state index contributed by atoms with van der Waals surface area (Å²) in [5, 5.41) is 0. The zero-order valence-corrected chi connectivity index (χ0v) is 12.8. The summed E-state index contributed by atoms with van der Waals surface area (Å²) < 4.78 is 22.9. The quantitative estimate of drug-likeness (QED) is 0.796. The Balaban J connectivity index is 1.95. The summed E-state index contributed by atoms with van der Waals surface area (Å²) >= 11 is 0. The molecule has 5 nitrogen and oxygen atoms in total. The van der Waals surface area contributed by atoms with Gasteiger partial charge in [0.05, 0.1) is 12.7 Å². The zero-order chi connectivity index (χ0) is 16.8. The van der Waals surface area contributed by atoms with Gasteiger partial charge in [-0.1, -0.05) is 6.07 Å². The van der Waals surface area contributed by atoms with Gasteiger partial charge in [-0.25, -0.2) is 9.18 Å². The molecule has 0 spiro atoms. The first-order chi connectivity index (χ1) is 11.0. The Hall–Kier alpha value is -2.89. The van der Waals surface area contributed by atoms with Crippen LogP contribution in [0.25, 0.3) is 0 Å². The first-order valence-electron chi connectivity index (χ1n) is 6.84. The Kier molecular flexibility index (Phi) is 5.30. The second-order valence-electron chi connectivity index (χ2n) is 4.74. The van der Waals surface area contributed by atoms with Crippen molar-refractivity contribution in [1.82, 2.24) is 0 Å². The highest BCUT2D eigenvalue weighted by Gasteiger charge is 2.15. The fraction of sp³-hybridized carbons (Fsp3) is 0.176. The molecule has 6 heteroatoms. The van der Waals surface area contributed by atoms with Crippen molar-refractivity contribution >= 4 is 17.6 Å². The number of methoxy groups -OCH3 is 1. The number of carbonyl (C=O) groups is 2. The van der Waals surface area contributed by atoms with Crippen LogP contribution in [0.4, 0.5) is 10.1 Å². The molecule has 0 saturated heterocycles. The molecule has 0 fully saturated rings. The number of ether oxygens (including phenoxy) is 2. The summed E-state index contributed by atoms with van der Waals surface area (Å²) in [6.07, 6.45) is 0. The van der Waals surface area contributed by atoms with Gasteiger partial charge < -0.3 is 14.4 Å². The molecule has 0 heterocycles. The van der Waals surface area contributed by atoms with E-state index in [2.05, 4.69) is 0 Å². The highest BCUT2D eigenvalue weighted by atomic mass is 19.1. The van der Waals surface area contributed by atoms with Gasteiger partial charge in [0.25, 0.3) is 5.91 Å². The van der Waals surface area contributed by atoms with Crippen LogP contribution in [0.5, 0.6) is 5.75 Å². The summed E-state index contributed by atoms with van der Waals surface area (Å²) in [4.78, 5) is 25.2. The van der Waals surface area contributed by atoms with Crippen LogP contribution in [0.3, 0.4) is 0 Å². The average molecular weight is 317 g/mol. The molecule has 0 N–H and O–H groups in total. The highest BCUT2D eigenvalue weighted by molar-refractivity contribution is 5.96. The average Bonchev–Trinajstić information content (AvgIpc) is 2.59. The molecule has 0 aromatic heterocycles. The van der Waals surface area contributed by atoms with Gasteiger partial charge in [-0.05, 0) is 42.5 Å². The number of amides is 1. The van der Waals surface area contributed by atoms with Crippen LogP contribution < -0.4 is 9.64 Å². The third kappa shape index (κ3) is 4.29. The Morgan fingerprint density at radius 2 is 1.83 bits per heavy atom. The lowest BCUT2D eigenvalue weighted by atomic mass is 10.2. The minimum Gasteiger partial charge on any atom is -0.497 e. The number of esters is 1. The van der Waals surface area contributed by atoms with Crippen LogP contribution in [0.2, 0.25) is 0 Å². The van der Waals surface area contributed by atoms with E-state index in [4.69, 9.17) is 9.47 Å². The first kappa shape index (κ1) is 16.5. The normalized spacial score (nSPS) is 10.0. The summed E-state index contributed by atoms with van der Waals surface area (Å²) in [5.41, 5.74) is 0.801. The van der Waals surface area contributed by atoms with Crippen LogP contribution in [-0.4, -0.2) is 32.6 Å². The van der Waals surface area contributed by atoms with E-state index in [1.807, 2.05) is 0 Å². The van der Waals surface area contributed by atoms with Crippen molar-refractivity contribution in [3.05, 3.63) is 59.9 Å². The maximum absolute atomic E-state index is 12.9. The van der Waals surface area contributed by atoms with E-state index in [-0.39, 0.29) is 5.82 Å². The number of hydrogen-bond donors (Lipinski definition) is 0. The second kappa shape index (κ2) is 7.40. The maximum atomic E-state index is 12.9. The summed E-state index contributed by atoms with van der Waals surface area (Å²) in [5.74, 6) is -0.911. The van der Waals surface area contributed by atoms with Crippen LogP contribution in [0.1, 0.15) is 10.4 Å².